The highest BCUT2D eigenvalue weighted by Gasteiger charge is 2.33. The molecule has 1 aliphatic heterocycles. The smallest absolute Gasteiger partial charge is 0.253 e. The Morgan fingerprint density at radius 2 is 1.90 bits per heavy atom. The van der Waals surface area contributed by atoms with E-state index in [1.54, 1.807) is 31.3 Å². The van der Waals surface area contributed by atoms with Crippen LogP contribution in [0.4, 0.5) is 4.39 Å². The fraction of sp³-hybridized carbons (Fsp3) is 0.316. The van der Waals surface area contributed by atoms with E-state index in [2.05, 4.69) is 4.72 Å². The summed E-state index contributed by atoms with van der Waals surface area (Å²) in [6, 6.07) is 9.09. The van der Waals surface area contributed by atoms with Gasteiger partial charge in [-0.2, -0.15) is 0 Å². The van der Waals surface area contributed by atoms with E-state index in [1.807, 2.05) is 0 Å². The number of halogens is 2. The first-order valence-electron chi connectivity index (χ1n) is 9.00. The molecule has 11 heteroatoms. The van der Waals surface area contributed by atoms with E-state index in [1.165, 1.54) is 4.90 Å². The van der Waals surface area contributed by atoms with Crippen molar-refractivity contribution in [2.75, 3.05) is 18.6 Å². The van der Waals surface area contributed by atoms with E-state index in [9.17, 15) is 26.0 Å². The molecule has 1 fully saturated rings. The standard InChI is InChI=1S/C19H20ClFN2O5S2/c1-23(15-8-9-29(25,26)12-15)19(24)14-4-2-13(3-5-14)11-22-30(27,28)16-6-7-18(21)17(20)10-16/h2-7,10,15,22H,8-9,11-12H2,1H3/t15-/m0/s1. The highest BCUT2D eigenvalue weighted by atomic mass is 35.5. The number of rotatable bonds is 6. The Balaban J connectivity index is 1.64. The van der Waals surface area contributed by atoms with Crippen LogP contribution in [0.1, 0.15) is 22.3 Å². The van der Waals surface area contributed by atoms with Crippen molar-refractivity contribution in [1.29, 1.82) is 0 Å². The van der Waals surface area contributed by atoms with Gasteiger partial charge in [0, 0.05) is 25.2 Å². The zero-order chi connectivity index (χ0) is 22.1. The second kappa shape index (κ2) is 8.62. The Morgan fingerprint density at radius 1 is 1.23 bits per heavy atom. The highest BCUT2D eigenvalue weighted by molar-refractivity contribution is 7.91. The molecule has 1 atom stereocenters. The van der Waals surface area contributed by atoms with Crippen molar-refractivity contribution in [3.63, 3.8) is 0 Å². The first-order valence-corrected chi connectivity index (χ1v) is 12.7. The summed E-state index contributed by atoms with van der Waals surface area (Å²) in [5.74, 6) is -0.975. The average molecular weight is 475 g/mol. The van der Waals surface area contributed by atoms with Crippen molar-refractivity contribution in [3.8, 4) is 0 Å². The van der Waals surface area contributed by atoms with Gasteiger partial charge in [-0.25, -0.2) is 25.9 Å². The zero-order valence-electron chi connectivity index (χ0n) is 16.0. The molecule has 162 valence electrons. The number of hydrogen-bond donors (Lipinski definition) is 1. The summed E-state index contributed by atoms with van der Waals surface area (Å²) < 4.78 is 63.5. The lowest BCUT2D eigenvalue weighted by Gasteiger charge is -2.23. The lowest BCUT2D eigenvalue weighted by Crippen LogP contribution is -2.37. The van der Waals surface area contributed by atoms with E-state index in [0.717, 1.165) is 18.2 Å². The largest absolute Gasteiger partial charge is 0.338 e. The normalized spacial score (nSPS) is 18.3. The number of hydrogen-bond acceptors (Lipinski definition) is 5. The molecule has 1 N–H and O–H groups in total. The van der Waals surface area contributed by atoms with Crippen LogP contribution in [0.3, 0.4) is 0 Å². The minimum absolute atomic E-state index is 0.0392. The molecule has 30 heavy (non-hydrogen) atoms. The predicted octanol–water partition coefficient (Wildman–Crippen LogP) is 2.22. The van der Waals surface area contributed by atoms with Gasteiger partial charge >= 0.3 is 0 Å². The number of nitrogens with one attached hydrogen (secondary N) is 1. The SMILES string of the molecule is CN(C(=O)c1ccc(CNS(=O)(=O)c2ccc(F)c(Cl)c2)cc1)[C@H]1CCS(=O)(=O)C1. The molecular weight excluding hydrogens is 455 g/mol. The maximum atomic E-state index is 13.2. The summed E-state index contributed by atoms with van der Waals surface area (Å²) in [5.41, 5.74) is 0.980. The molecule has 0 unspecified atom stereocenters. The number of amides is 1. The average Bonchev–Trinajstić information content (AvgIpc) is 3.07. The molecule has 1 saturated heterocycles. The fourth-order valence-corrected chi connectivity index (χ4v) is 6.18. The van der Waals surface area contributed by atoms with Gasteiger partial charge in [0.1, 0.15) is 5.82 Å². The van der Waals surface area contributed by atoms with Crippen molar-refractivity contribution in [2.45, 2.75) is 23.9 Å². The molecule has 0 saturated carbocycles. The van der Waals surface area contributed by atoms with Gasteiger partial charge in [-0.3, -0.25) is 4.79 Å². The van der Waals surface area contributed by atoms with Crippen molar-refractivity contribution >= 4 is 37.4 Å². The minimum Gasteiger partial charge on any atom is -0.338 e. The number of carbonyl (C=O) groups excluding carboxylic acids is 1. The second-order valence-corrected chi connectivity index (χ2v) is 11.5. The number of carbonyl (C=O) groups is 1. The van der Waals surface area contributed by atoms with Crippen LogP contribution >= 0.6 is 11.6 Å². The van der Waals surface area contributed by atoms with Gasteiger partial charge in [0.2, 0.25) is 10.0 Å². The Morgan fingerprint density at radius 3 is 2.47 bits per heavy atom. The number of sulfone groups is 1. The van der Waals surface area contributed by atoms with Crippen molar-refractivity contribution in [1.82, 2.24) is 9.62 Å². The summed E-state index contributed by atoms with van der Waals surface area (Å²) in [4.78, 5) is 13.9. The van der Waals surface area contributed by atoms with Gasteiger partial charge in [0.25, 0.3) is 5.91 Å². The third-order valence-corrected chi connectivity index (χ3v) is 8.38. The van der Waals surface area contributed by atoms with Gasteiger partial charge < -0.3 is 4.90 Å². The highest BCUT2D eigenvalue weighted by Crippen LogP contribution is 2.20. The van der Waals surface area contributed by atoms with Gasteiger partial charge in [0.05, 0.1) is 21.4 Å². The Kier molecular flexibility index (Phi) is 6.51. The summed E-state index contributed by atoms with van der Waals surface area (Å²) >= 11 is 5.64. The number of sulfonamides is 1. The topological polar surface area (TPSA) is 101 Å². The summed E-state index contributed by atoms with van der Waals surface area (Å²) in [5, 5.41) is -0.292. The van der Waals surface area contributed by atoms with E-state index in [-0.39, 0.29) is 39.9 Å². The first kappa shape index (κ1) is 22.7. The van der Waals surface area contributed by atoms with Crippen LogP contribution in [0.25, 0.3) is 0 Å². The maximum Gasteiger partial charge on any atom is 0.253 e. The van der Waals surface area contributed by atoms with Crippen LogP contribution in [0.15, 0.2) is 47.4 Å². The summed E-state index contributed by atoms with van der Waals surface area (Å²) in [6.07, 6.45) is 0.415. The Hall–Kier alpha value is -2.01. The number of nitrogens with zero attached hydrogens (tertiary/aromatic N) is 1. The molecule has 1 heterocycles. The third-order valence-electron chi connectivity index (χ3n) is 4.95. The molecule has 2 aromatic carbocycles. The van der Waals surface area contributed by atoms with Crippen LogP contribution in [-0.4, -0.2) is 52.2 Å². The van der Waals surface area contributed by atoms with Crippen LogP contribution < -0.4 is 4.72 Å². The van der Waals surface area contributed by atoms with E-state index >= 15 is 0 Å². The zero-order valence-corrected chi connectivity index (χ0v) is 18.4. The van der Waals surface area contributed by atoms with E-state index in [4.69, 9.17) is 11.6 Å². The van der Waals surface area contributed by atoms with Crippen LogP contribution in [0.2, 0.25) is 5.02 Å². The lowest BCUT2D eigenvalue weighted by molar-refractivity contribution is 0.0747. The molecule has 1 aliphatic rings. The molecule has 0 bridgehead atoms. The van der Waals surface area contributed by atoms with Gasteiger partial charge in [-0.05, 0) is 42.3 Å². The summed E-state index contributed by atoms with van der Waals surface area (Å²) in [7, 11) is -5.42. The van der Waals surface area contributed by atoms with Gasteiger partial charge in [0.15, 0.2) is 9.84 Å². The third kappa shape index (κ3) is 5.18. The Bertz CT molecular complexity index is 1170. The van der Waals surface area contributed by atoms with Gasteiger partial charge in [-0.1, -0.05) is 23.7 Å². The monoisotopic (exact) mass is 474 g/mol. The molecule has 0 radical (unpaired) electrons. The van der Waals surface area contributed by atoms with Crippen LogP contribution in [0.5, 0.6) is 0 Å². The maximum absolute atomic E-state index is 13.2. The van der Waals surface area contributed by atoms with Crippen molar-refractivity contribution in [3.05, 3.63) is 64.4 Å². The minimum atomic E-state index is -3.89. The van der Waals surface area contributed by atoms with Crippen LogP contribution in [0, 0.1) is 5.82 Å². The molecule has 7 nitrogen and oxygen atoms in total. The van der Waals surface area contributed by atoms with Crippen LogP contribution in [-0.2, 0) is 26.4 Å². The number of benzene rings is 2. The molecule has 1 amide bonds. The van der Waals surface area contributed by atoms with E-state index < -0.39 is 25.7 Å². The molecular formula is C19H20ClFN2O5S2. The lowest BCUT2D eigenvalue weighted by atomic mass is 10.1. The fourth-order valence-electron chi connectivity index (χ4n) is 3.12. The Labute approximate surface area is 179 Å². The quantitative estimate of drug-likeness (QED) is 0.691. The second-order valence-electron chi connectivity index (χ2n) is 7.07. The van der Waals surface area contributed by atoms with Crippen molar-refractivity contribution in [2.24, 2.45) is 0 Å². The molecule has 2 aromatic rings. The van der Waals surface area contributed by atoms with E-state index in [0.29, 0.717) is 17.5 Å². The molecule has 0 aromatic heterocycles. The van der Waals surface area contributed by atoms with Crippen molar-refractivity contribution < 1.29 is 26.0 Å². The molecule has 0 aliphatic carbocycles. The summed E-state index contributed by atoms with van der Waals surface area (Å²) in [6.45, 7) is -0.0392. The first-order chi connectivity index (χ1) is 14.0. The van der Waals surface area contributed by atoms with Gasteiger partial charge in [-0.15, -0.1) is 0 Å². The molecule has 3 rings (SSSR count). The predicted molar refractivity (Wildman–Crippen MR) is 111 cm³/mol. The molecule has 0 spiro atoms.